The molecule has 0 saturated heterocycles. The van der Waals surface area contributed by atoms with Crippen LogP contribution in [0, 0.1) is 11.3 Å². The minimum atomic E-state index is 0.647. The molecule has 2 heteroatoms. The number of nitriles is 1. The molecule has 1 heterocycles. The van der Waals surface area contributed by atoms with Crippen LogP contribution in [0.25, 0.3) is 0 Å². The summed E-state index contributed by atoms with van der Waals surface area (Å²) >= 11 is 0. The Hall–Kier alpha value is -1.62. The van der Waals surface area contributed by atoms with E-state index >= 15 is 0 Å². The van der Waals surface area contributed by atoms with Crippen LogP contribution >= 0.6 is 0 Å². The molecule has 0 aliphatic carbocycles. The van der Waals surface area contributed by atoms with E-state index in [-0.39, 0.29) is 0 Å². The molecule has 0 N–H and O–H groups in total. The lowest BCUT2D eigenvalue weighted by molar-refractivity contribution is 0.759. The summed E-state index contributed by atoms with van der Waals surface area (Å²) in [5.74, 6) is 0. The minimum Gasteiger partial charge on any atom is -0.250 e. The summed E-state index contributed by atoms with van der Waals surface area (Å²) in [4.78, 5) is 4.16. The zero-order valence-electron chi connectivity index (χ0n) is 11.4. The van der Waals surface area contributed by atoms with Gasteiger partial charge in [0.25, 0.3) is 0 Å². The first kappa shape index (κ1) is 14.4. The summed E-state index contributed by atoms with van der Waals surface area (Å²) in [5.41, 5.74) is 3.28. The Labute approximate surface area is 110 Å². The van der Waals surface area contributed by atoms with Gasteiger partial charge in [0, 0.05) is 6.21 Å². The molecule has 0 saturated carbocycles. The van der Waals surface area contributed by atoms with Crippen molar-refractivity contribution in [2.75, 3.05) is 0 Å². The molecule has 0 spiro atoms. The molecule has 0 atom stereocenters. The molecule has 0 amide bonds. The van der Waals surface area contributed by atoms with E-state index in [1.54, 1.807) is 0 Å². The van der Waals surface area contributed by atoms with Crippen molar-refractivity contribution in [1.82, 2.24) is 0 Å². The van der Waals surface area contributed by atoms with Crippen molar-refractivity contribution in [2.45, 2.75) is 52.4 Å². The minimum absolute atomic E-state index is 0.647. The molecule has 1 aliphatic rings. The Morgan fingerprint density at radius 1 is 1.56 bits per heavy atom. The van der Waals surface area contributed by atoms with Crippen LogP contribution in [0.2, 0.25) is 0 Å². The topological polar surface area (TPSA) is 36.1 Å². The van der Waals surface area contributed by atoms with Gasteiger partial charge < -0.3 is 0 Å². The summed E-state index contributed by atoms with van der Waals surface area (Å²) in [6.45, 7) is 4.30. The monoisotopic (exact) mass is 242 g/mol. The number of hydrogen-bond donors (Lipinski definition) is 0. The molecule has 0 unspecified atom stereocenters. The first-order valence-electron chi connectivity index (χ1n) is 6.75. The SMILES string of the molecule is CC/C=C\C=C(/C)CCCC1=C(C#N)N=CCC1. The van der Waals surface area contributed by atoms with E-state index in [4.69, 9.17) is 5.26 Å². The van der Waals surface area contributed by atoms with Gasteiger partial charge in [0.05, 0.1) is 0 Å². The van der Waals surface area contributed by atoms with Crippen molar-refractivity contribution in [1.29, 1.82) is 5.26 Å². The van der Waals surface area contributed by atoms with Gasteiger partial charge >= 0.3 is 0 Å². The lowest BCUT2D eigenvalue weighted by atomic mass is 9.98. The molecule has 0 aromatic rings. The molecular formula is C16H22N2. The molecule has 1 aliphatic heterocycles. The lowest BCUT2D eigenvalue weighted by Crippen LogP contribution is -1.97. The first-order valence-corrected chi connectivity index (χ1v) is 6.75. The van der Waals surface area contributed by atoms with Crippen molar-refractivity contribution in [3.05, 3.63) is 35.1 Å². The van der Waals surface area contributed by atoms with Crippen LogP contribution in [0.1, 0.15) is 52.4 Å². The normalized spacial score (nSPS) is 16.4. The highest BCUT2D eigenvalue weighted by molar-refractivity contribution is 5.63. The Morgan fingerprint density at radius 3 is 3.11 bits per heavy atom. The maximum absolute atomic E-state index is 8.97. The summed E-state index contributed by atoms with van der Waals surface area (Å²) in [6, 6.07) is 2.19. The van der Waals surface area contributed by atoms with E-state index in [9.17, 15) is 0 Å². The Bertz CT molecular complexity index is 417. The lowest BCUT2D eigenvalue weighted by Gasteiger charge is -2.10. The third-order valence-corrected chi connectivity index (χ3v) is 3.04. The van der Waals surface area contributed by atoms with E-state index < -0.39 is 0 Å². The standard InChI is InChI=1S/C16H22N2/c1-3-4-5-8-14(2)9-6-10-15-11-7-12-18-16(15)13-17/h4-5,8,12H,3,6-7,9-11H2,1-2H3/b5-4-,14-8+. The zero-order valence-corrected chi connectivity index (χ0v) is 11.4. The van der Waals surface area contributed by atoms with Crippen LogP contribution in [0.5, 0.6) is 0 Å². The van der Waals surface area contributed by atoms with Crippen molar-refractivity contribution in [3.8, 4) is 6.07 Å². The van der Waals surface area contributed by atoms with E-state index in [0.717, 1.165) is 38.5 Å². The van der Waals surface area contributed by atoms with Crippen LogP contribution < -0.4 is 0 Å². The highest BCUT2D eigenvalue weighted by Crippen LogP contribution is 2.22. The van der Waals surface area contributed by atoms with Gasteiger partial charge in [-0.25, -0.2) is 4.99 Å². The van der Waals surface area contributed by atoms with Gasteiger partial charge in [0.15, 0.2) is 0 Å². The van der Waals surface area contributed by atoms with Crippen molar-refractivity contribution < 1.29 is 0 Å². The van der Waals surface area contributed by atoms with Gasteiger partial charge in [0.1, 0.15) is 11.8 Å². The van der Waals surface area contributed by atoms with Gasteiger partial charge in [-0.3, -0.25) is 0 Å². The van der Waals surface area contributed by atoms with Crippen LogP contribution in [0.15, 0.2) is 40.1 Å². The van der Waals surface area contributed by atoms with Crippen molar-refractivity contribution in [2.24, 2.45) is 4.99 Å². The Balaban J connectivity index is 2.40. The fraction of sp³-hybridized carbons (Fsp3) is 0.500. The fourth-order valence-corrected chi connectivity index (χ4v) is 1.99. The summed E-state index contributed by atoms with van der Waals surface area (Å²) in [6.07, 6.45) is 14.6. The van der Waals surface area contributed by atoms with E-state index in [2.05, 4.69) is 43.1 Å². The molecule has 2 nitrogen and oxygen atoms in total. The molecule has 0 bridgehead atoms. The van der Waals surface area contributed by atoms with Gasteiger partial charge in [-0.1, -0.05) is 30.7 Å². The molecule has 1 rings (SSSR count). The Morgan fingerprint density at radius 2 is 2.39 bits per heavy atom. The zero-order chi connectivity index (χ0) is 13.2. The largest absolute Gasteiger partial charge is 0.250 e. The smallest absolute Gasteiger partial charge is 0.139 e. The summed E-state index contributed by atoms with van der Waals surface area (Å²) < 4.78 is 0. The second-order valence-corrected chi connectivity index (χ2v) is 4.62. The number of allylic oxidation sites excluding steroid dienone is 6. The maximum Gasteiger partial charge on any atom is 0.139 e. The third-order valence-electron chi connectivity index (χ3n) is 3.04. The van der Waals surface area contributed by atoms with Crippen LogP contribution in [0.4, 0.5) is 0 Å². The highest BCUT2D eigenvalue weighted by atomic mass is 14.7. The Kier molecular flexibility index (Phi) is 6.79. The van der Waals surface area contributed by atoms with E-state index in [1.807, 2.05) is 6.21 Å². The number of aliphatic imine (C=N–C) groups is 1. The number of hydrogen-bond acceptors (Lipinski definition) is 2. The number of nitrogens with zero attached hydrogens (tertiary/aromatic N) is 2. The van der Waals surface area contributed by atoms with Crippen LogP contribution in [-0.4, -0.2) is 6.21 Å². The number of rotatable bonds is 6. The summed E-state index contributed by atoms with van der Waals surface area (Å²) in [7, 11) is 0. The van der Waals surface area contributed by atoms with Gasteiger partial charge in [0.2, 0.25) is 0 Å². The molecule has 96 valence electrons. The summed E-state index contributed by atoms with van der Waals surface area (Å²) in [5, 5.41) is 8.97. The first-order chi connectivity index (χ1) is 8.77. The molecule has 0 aromatic carbocycles. The van der Waals surface area contributed by atoms with E-state index in [0.29, 0.717) is 5.70 Å². The average Bonchev–Trinajstić information content (AvgIpc) is 2.39. The van der Waals surface area contributed by atoms with Crippen LogP contribution in [0.3, 0.4) is 0 Å². The third kappa shape index (κ3) is 5.14. The second-order valence-electron chi connectivity index (χ2n) is 4.62. The van der Waals surface area contributed by atoms with Gasteiger partial charge in [-0.05, 0) is 51.0 Å². The molecular weight excluding hydrogens is 220 g/mol. The predicted molar refractivity (Wildman–Crippen MR) is 77.4 cm³/mol. The van der Waals surface area contributed by atoms with Crippen LogP contribution in [-0.2, 0) is 0 Å². The highest BCUT2D eigenvalue weighted by Gasteiger charge is 2.08. The maximum atomic E-state index is 8.97. The molecule has 0 aromatic heterocycles. The van der Waals surface area contributed by atoms with Gasteiger partial charge in [-0.15, -0.1) is 0 Å². The fourth-order valence-electron chi connectivity index (χ4n) is 1.99. The molecule has 0 radical (unpaired) electrons. The van der Waals surface area contributed by atoms with E-state index in [1.165, 1.54) is 11.1 Å². The predicted octanol–water partition coefficient (Wildman–Crippen LogP) is 4.71. The molecule has 18 heavy (non-hydrogen) atoms. The average molecular weight is 242 g/mol. The van der Waals surface area contributed by atoms with Crippen molar-refractivity contribution in [3.63, 3.8) is 0 Å². The van der Waals surface area contributed by atoms with Gasteiger partial charge in [-0.2, -0.15) is 5.26 Å². The quantitative estimate of drug-likeness (QED) is 0.621. The molecule has 0 fully saturated rings. The second kappa shape index (κ2) is 8.47. The van der Waals surface area contributed by atoms with Crippen molar-refractivity contribution >= 4 is 6.21 Å².